The van der Waals surface area contributed by atoms with Gasteiger partial charge in [-0.3, -0.25) is 0 Å². The molecule has 0 aliphatic rings. The van der Waals surface area contributed by atoms with Crippen LogP contribution in [0.4, 0.5) is 0 Å². The standard InChI is InChI=1S/C11H14ClNO2S/c1-14-6-3-7-15-9-5-2-4-8(12)10(9)11(13)16/h2,4-5H,3,6-7H2,1H3,(H2,13,16). The number of rotatable bonds is 6. The number of thiocarbonyl (C=S) groups is 1. The van der Waals surface area contributed by atoms with Crippen LogP contribution in [0, 0.1) is 0 Å². The van der Waals surface area contributed by atoms with Gasteiger partial charge in [-0.25, -0.2) is 0 Å². The van der Waals surface area contributed by atoms with Crippen LogP contribution in [-0.2, 0) is 4.74 Å². The van der Waals surface area contributed by atoms with Gasteiger partial charge in [-0.1, -0.05) is 29.9 Å². The van der Waals surface area contributed by atoms with Crippen molar-refractivity contribution in [2.45, 2.75) is 6.42 Å². The largest absolute Gasteiger partial charge is 0.493 e. The summed E-state index contributed by atoms with van der Waals surface area (Å²) in [6, 6.07) is 5.33. The summed E-state index contributed by atoms with van der Waals surface area (Å²) in [7, 11) is 1.65. The van der Waals surface area contributed by atoms with Crippen molar-refractivity contribution in [2.24, 2.45) is 5.73 Å². The van der Waals surface area contributed by atoms with E-state index in [4.69, 9.17) is 39.0 Å². The van der Waals surface area contributed by atoms with Crippen molar-refractivity contribution >= 4 is 28.8 Å². The van der Waals surface area contributed by atoms with E-state index in [1.54, 1.807) is 25.3 Å². The van der Waals surface area contributed by atoms with E-state index in [9.17, 15) is 0 Å². The van der Waals surface area contributed by atoms with E-state index < -0.39 is 0 Å². The quantitative estimate of drug-likeness (QED) is 0.629. The third-order valence-electron chi connectivity index (χ3n) is 1.97. The van der Waals surface area contributed by atoms with Crippen molar-refractivity contribution in [3.8, 4) is 5.75 Å². The van der Waals surface area contributed by atoms with Crippen LogP contribution in [0.1, 0.15) is 12.0 Å². The smallest absolute Gasteiger partial charge is 0.130 e. The number of methoxy groups -OCH3 is 1. The molecule has 0 saturated carbocycles. The molecule has 0 amide bonds. The zero-order valence-electron chi connectivity index (χ0n) is 9.03. The molecule has 0 saturated heterocycles. The van der Waals surface area contributed by atoms with Crippen molar-refractivity contribution in [3.05, 3.63) is 28.8 Å². The van der Waals surface area contributed by atoms with Gasteiger partial charge in [0.1, 0.15) is 10.7 Å². The van der Waals surface area contributed by atoms with Crippen LogP contribution in [0.3, 0.4) is 0 Å². The zero-order chi connectivity index (χ0) is 12.0. The molecule has 88 valence electrons. The molecule has 0 bridgehead atoms. The molecule has 5 heteroatoms. The lowest BCUT2D eigenvalue weighted by Gasteiger charge is -2.11. The summed E-state index contributed by atoms with van der Waals surface area (Å²) in [5, 5.41) is 0.511. The fourth-order valence-electron chi connectivity index (χ4n) is 1.25. The Bertz CT molecular complexity index is 371. The maximum atomic E-state index is 5.99. The van der Waals surface area contributed by atoms with E-state index in [1.807, 2.05) is 0 Å². The predicted octanol–water partition coefficient (Wildman–Crippen LogP) is 2.39. The van der Waals surface area contributed by atoms with Crippen LogP contribution in [0.25, 0.3) is 0 Å². The molecule has 1 rings (SSSR count). The highest BCUT2D eigenvalue weighted by atomic mass is 35.5. The van der Waals surface area contributed by atoms with Gasteiger partial charge in [-0.2, -0.15) is 0 Å². The molecule has 0 aliphatic heterocycles. The SMILES string of the molecule is COCCCOc1cccc(Cl)c1C(N)=S. The van der Waals surface area contributed by atoms with Crippen molar-refractivity contribution in [1.82, 2.24) is 0 Å². The van der Waals surface area contributed by atoms with Crippen LogP contribution in [0.2, 0.25) is 5.02 Å². The Hall–Kier alpha value is -0.840. The monoisotopic (exact) mass is 259 g/mol. The lowest BCUT2D eigenvalue weighted by atomic mass is 10.2. The molecule has 16 heavy (non-hydrogen) atoms. The van der Waals surface area contributed by atoms with Gasteiger partial charge in [-0.05, 0) is 12.1 Å². The molecule has 1 aromatic carbocycles. The number of halogens is 1. The third-order valence-corrected chi connectivity index (χ3v) is 2.49. The second-order valence-electron chi connectivity index (χ2n) is 3.17. The Morgan fingerprint density at radius 2 is 2.19 bits per heavy atom. The maximum absolute atomic E-state index is 5.99. The van der Waals surface area contributed by atoms with Gasteiger partial charge in [0, 0.05) is 20.1 Å². The normalized spacial score (nSPS) is 10.1. The lowest BCUT2D eigenvalue weighted by Crippen LogP contribution is -2.13. The van der Waals surface area contributed by atoms with E-state index in [0.29, 0.717) is 29.5 Å². The van der Waals surface area contributed by atoms with Gasteiger partial charge in [-0.15, -0.1) is 0 Å². The molecule has 0 radical (unpaired) electrons. The van der Waals surface area contributed by atoms with Gasteiger partial charge in [0.25, 0.3) is 0 Å². The van der Waals surface area contributed by atoms with Gasteiger partial charge in [0.05, 0.1) is 17.2 Å². The Labute approximate surface area is 105 Å². The van der Waals surface area contributed by atoms with Crippen molar-refractivity contribution in [3.63, 3.8) is 0 Å². The van der Waals surface area contributed by atoms with Gasteiger partial charge >= 0.3 is 0 Å². The summed E-state index contributed by atoms with van der Waals surface area (Å²) < 4.78 is 10.5. The van der Waals surface area contributed by atoms with E-state index >= 15 is 0 Å². The summed E-state index contributed by atoms with van der Waals surface area (Å²) >= 11 is 10.9. The molecule has 0 fully saturated rings. The summed E-state index contributed by atoms with van der Waals surface area (Å²) in [4.78, 5) is 0.243. The lowest BCUT2D eigenvalue weighted by molar-refractivity contribution is 0.172. The number of ether oxygens (including phenoxy) is 2. The maximum Gasteiger partial charge on any atom is 0.130 e. The Kier molecular flexibility index (Phi) is 5.52. The molecule has 1 aromatic rings. The van der Waals surface area contributed by atoms with Gasteiger partial charge in [0.15, 0.2) is 0 Å². The highest BCUT2D eigenvalue weighted by Crippen LogP contribution is 2.26. The molecule has 0 heterocycles. The molecule has 3 nitrogen and oxygen atoms in total. The van der Waals surface area contributed by atoms with Crippen LogP contribution >= 0.6 is 23.8 Å². The summed E-state index contributed by atoms with van der Waals surface area (Å²) in [5.41, 5.74) is 6.18. The second kappa shape index (κ2) is 6.68. The molecule has 0 aliphatic carbocycles. The fraction of sp³-hybridized carbons (Fsp3) is 0.364. The summed E-state index contributed by atoms with van der Waals surface area (Å²) in [6.45, 7) is 1.20. The number of benzene rings is 1. The number of nitrogens with two attached hydrogens (primary N) is 1. The molecule has 0 aromatic heterocycles. The van der Waals surface area contributed by atoms with Crippen LogP contribution in [-0.4, -0.2) is 25.3 Å². The van der Waals surface area contributed by atoms with E-state index in [0.717, 1.165) is 6.42 Å². The summed E-state index contributed by atoms with van der Waals surface area (Å²) in [6.07, 6.45) is 0.805. The predicted molar refractivity (Wildman–Crippen MR) is 69.3 cm³/mol. The molecular formula is C11H14ClNO2S. The fourth-order valence-corrected chi connectivity index (χ4v) is 1.78. The minimum absolute atomic E-state index is 0.243. The highest BCUT2D eigenvalue weighted by molar-refractivity contribution is 7.80. The Balaban J connectivity index is 2.71. The van der Waals surface area contributed by atoms with E-state index in [1.165, 1.54) is 0 Å². The highest BCUT2D eigenvalue weighted by Gasteiger charge is 2.10. The van der Waals surface area contributed by atoms with Crippen molar-refractivity contribution in [1.29, 1.82) is 0 Å². The molecule has 0 spiro atoms. The third kappa shape index (κ3) is 3.63. The van der Waals surface area contributed by atoms with Crippen LogP contribution in [0.5, 0.6) is 5.75 Å². The Morgan fingerprint density at radius 1 is 1.44 bits per heavy atom. The van der Waals surface area contributed by atoms with Crippen molar-refractivity contribution in [2.75, 3.05) is 20.3 Å². The average molecular weight is 260 g/mol. The topological polar surface area (TPSA) is 44.5 Å². The van der Waals surface area contributed by atoms with Gasteiger partial charge in [0.2, 0.25) is 0 Å². The minimum atomic E-state index is 0.243. The van der Waals surface area contributed by atoms with Gasteiger partial charge < -0.3 is 15.2 Å². The first-order valence-corrected chi connectivity index (χ1v) is 5.65. The second-order valence-corrected chi connectivity index (χ2v) is 4.02. The van der Waals surface area contributed by atoms with E-state index in [-0.39, 0.29) is 4.99 Å². The first-order valence-electron chi connectivity index (χ1n) is 4.87. The minimum Gasteiger partial charge on any atom is -0.493 e. The Morgan fingerprint density at radius 3 is 2.81 bits per heavy atom. The molecule has 0 unspecified atom stereocenters. The van der Waals surface area contributed by atoms with E-state index in [2.05, 4.69) is 0 Å². The zero-order valence-corrected chi connectivity index (χ0v) is 10.6. The molecule has 2 N–H and O–H groups in total. The van der Waals surface area contributed by atoms with Crippen LogP contribution in [0.15, 0.2) is 18.2 Å². The summed E-state index contributed by atoms with van der Waals surface area (Å²) in [5.74, 6) is 0.621. The number of hydrogen-bond acceptors (Lipinski definition) is 3. The van der Waals surface area contributed by atoms with Crippen molar-refractivity contribution < 1.29 is 9.47 Å². The average Bonchev–Trinajstić information content (AvgIpc) is 2.24. The first kappa shape index (κ1) is 13.2. The molecule has 0 atom stereocenters. The number of hydrogen-bond donors (Lipinski definition) is 1. The molecular weight excluding hydrogens is 246 g/mol. The first-order chi connectivity index (χ1) is 7.66. The van der Waals surface area contributed by atoms with Crippen LogP contribution < -0.4 is 10.5 Å².